The summed E-state index contributed by atoms with van der Waals surface area (Å²) in [5, 5.41) is 9.47. The molecule has 0 spiro atoms. The summed E-state index contributed by atoms with van der Waals surface area (Å²) in [5.41, 5.74) is 0. The SMILES string of the molecule is N#CC(CN1CCCO1)C(F)(F)F. The third-order valence-electron chi connectivity index (χ3n) is 1.76. The number of hydroxylamine groups is 2. The predicted molar refractivity (Wildman–Crippen MR) is 37.3 cm³/mol. The van der Waals surface area contributed by atoms with Crippen LogP contribution in [-0.4, -0.2) is 30.9 Å². The number of hydrogen-bond donors (Lipinski definition) is 0. The van der Waals surface area contributed by atoms with E-state index in [1.54, 1.807) is 0 Å². The minimum absolute atomic E-state index is 0.389. The lowest BCUT2D eigenvalue weighted by molar-refractivity contribution is -0.191. The molecule has 6 heteroatoms. The van der Waals surface area contributed by atoms with E-state index in [1.165, 1.54) is 11.1 Å². The molecule has 3 nitrogen and oxygen atoms in total. The molecule has 1 fully saturated rings. The molecule has 1 heterocycles. The van der Waals surface area contributed by atoms with Gasteiger partial charge in [-0.3, -0.25) is 4.84 Å². The van der Waals surface area contributed by atoms with Crippen molar-refractivity contribution in [3.05, 3.63) is 0 Å². The van der Waals surface area contributed by atoms with E-state index in [1.807, 2.05) is 0 Å². The van der Waals surface area contributed by atoms with E-state index < -0.39 is 12.1 Å². The third-order valence-corrected chi connectivity index (χ3v) is 1.76. The van der Waals surface area contributed by atoms with Gasteiger partial charge in [-0.15, -0.1) is 0 Å². The van der Waals surface area contributed by atoms with E-state index in [0.717, 1.165) is 6.42 Å². The summed E-state index contributed by atoms with van der Waals surface area (Å²) in [6, 6.07) is 1.22. The molecule has 1 unspecified atom stereocenters. The van der Waals surface area contributed by atoms with Crippen molar-refractivity contribution in [1.29, 1.82) is 5.26 Å². The molecule has 0 bridgehead atoms. The van der Waals surface area contributed by atoms with Gasteiger partial charge in [0.25, 0.3) is 0 Å². The second-order valence-corrected chi connectivity index (χ2v) is 2.80. The van der Waals surface area contributed by atoms with E-state index in [-0.39, 0.29) is 6.54 Å². The molecule has 0 radical (unpaired) electrons. The van der Waals surface area contributed by atoms with Crippen LogP contribution in [0, 0.1) is 17.2 Å². The van der Waals surface area contributed by atoms with E-state index in [9.17, 15) is 13.2 Å². The Morgan fingerprint density at radius 1 is 1.54 bits per heavy atom. The molecular weight excluding hydrogens is 185 g/mol. The largest absolute Gasteiger partial charge is 0.405 e. The van der Waals surface area contributed by atoms with Crippen molar-refractivity contribution < 1.29 is 18.0 Å². The molecular formula is C7H9F3N2O. The van der Waals surface area contributed by atoms with E-state index in [4.69, 9.17) is 10.1 Å². The van der Waals surface area contributed by atoms with Crippen molar-refractivity contribution >= 4 is 0 Å². The Kier molecular flexibility index (Phi) is 3.12. The zero-order valence-electron chi connectivity index (χ0n) is 6.84. The van der Waals surface area contributed by atoms with Gasteiger partial charge in [0, 0.05) is 13.1 Å². The van der Waals surface area contributed by atoms with Gasteiger partial charge in [-0.05, 0) is 6.42 Å². The fourth-order valence-electron chi connectivity index (χ4n) is 1.06. The van der Waals surface area contributed by atoms with Crippen LogP contribution in [0.3, 0.4) is 0 Å². The lowest BCUT2D eigenvalue weighted by atomic mass is 10.1. The zero-order valence-corrected chi connectivity index (χ0v) is 6.84. The van der Waals surface area contributed by atoms with E-state index in [0.29, 0.717) is 13.2 Å². The Balaban J connectivity index is 2.45. The first-order chi connectivity index (χ1) is 6.04. The Bertz CT molecular complexity index is 205. The summed E-state index contributed by atoms with van der Waals surface area (Å²) in [7, 11) is 0. The Morgan fingerprint density at radius 3 is 2.62 bits per heavy atom. The molecule has 0 N–H and O–H groups in total. The highest BCUT2D eigenvalue weighted by molar-refractivity contribution is 4.89. The van der Waals surface area contributed by atoms with Crippen LogP contribution in [0.5, 0.6) is 0 Å². The summed E-state index contributed by atoms with van der Waals surface area (Å²) in [6.45, 7) is 0.518. The maximum Gasteiger partial charge on any atom is 0.405 e. The molecule has 1 saturated heterocycles. The van der Waals surface area contributed by atoms with Crippen LogP contribution >= 0.6 is 0 Å². The van der Waals surface area contributed by atoms with Gasteiger partial charge < -0.3 is 0 Å². The number of alkyl halides is 3. The lowest BCUT2D eigenvalue weighted by Gasteiger charge is -2.19. The maximum absolute atomic E-state index is 12.1. The van der Waals surface area contributed by atoms with Gasteiger partial charge in [-0.2, -0.15) is 23.5 Å². The standard InChI is InChI=1S/C7H9F3N2O/c8-7(9,10)6(4-11)5-12-2-1-3-13-12/h6H,1-3,5H2. The topological polar surface area (TPSA) is 36.3 Å². The van der Waals surface area contributed by atoms with Crippen LogP contribution in [0.2, 0.25) is 0 Å². The van der Waals surface area contributed by atoms with Gasteiger partial charge in [-0.1, -0.05) is 0 Å². The van der Waals surface area contributed by atoms with Gasteiger partial charge in [0.1, 0.15) is 0 Å². The molecule has 1 atom stereocenters. The van der Waals surface area contributed by atoms with Gasteiger partial charge >= 0.3 is 6.18 Å². The molecule has 1 aliphatic rings. The van der Waals surface area contributed by atoms with Gasteiger partial charge in [0.2, 0.25) is 0 Å². The zero-order chi connectivity index (χ0) is 9.90. The molecule has 0 aromatic carbocycles. The predicted octanol–water partition coefficient (Wildman–Crippen LogP) is 1.33. The number of rotatable bonds is 2. The number of halogens is 3. The molecule has 74 valence electrons. The van der Waals surface area contributed by atoms with Crippen LogP contribution in [0.15, 0.2) is 0 Å². The number of hydrogen-bond acceptors (Lipinski definition) is 3. The average molecular weight is 194 g/mol. The summed E-state index contributed by atoms with van der Waals surface area (Å²) < 4.78 is 36.2. The van der Waals surface area contributed by atoms with Gasteiger partial charge in [0.05, 0.1) is 12.7 Å². The van der Waals surface area contributed by atoms with Gasteiger partial charge in [-0.25, -0.2) is 0 Å². The first kappa shape index (κ1) is 10.3. The monoisotopic (exact) mass is 194 g/mol. The first-order valence-corrected chi connectivity index (χ1v) is 3.88. The number of nitriles is 1. The molecule has 0 saturated carbocycles. The van der Waals surface area contributed by atoms with Gasteiger partial charge in [0.15, 0.2) is 5.92 Å². The second kappa shape index (κ2) is 3.94. The fraction of sp³-hybridized carbons (Fsp3) is 0.857. The summed E-state index contributed by atoms with van der Waals surface area (Å²) in [4.78, 5) is 4.86. The van der Waals surface area contributed by atoms with Crippen molar-refractivity contribution in [2.75, 3.05) is 19.7 Å². The summed E-state index contributed by atoms with van der Waals surface area (Å²) >= 11 is 0. The molecule has 13 heavy (non-hydrogen) atoms. The Labute approximate surface area is 73.6 Å². The maximum atomic E-state index is 12.1. The average Bonchev–Trinajstić information content (AvgIpc) is 2.49. The highest BCUT2D eigenvalue weighted by Gasteiger charge is 2.41. The van der Waals surface area contributed by atoms with Crippen molar-refractivity contribution in [1.82, 2.24) is 5.06 Å². The molecule has 0 aromatic rings. The first-order valence-electron chi connectivity index (χ1n) is 3.88. The van der Waals surface area contributed by atoms with E-state index in [2.05, 4.69) is 0 Å². The third kappa shape index (κ3) is 2.86. The fourth-order valence-corrected chi connectivity index (χ4v) is 1.06. The second-order valence-electron chi connectivity index (χ2n) is 2.80. The van der Waals surface area contributed by atoms with E-state index >= 15 is 0 Å². The summed E-state index contributed by atoms with van der Waals surface area (Å²) in [6.07, 6.45) is -3.74. The van der Waals surface area contributed by atoms with Crippen LogP contribution in [0.1, 0.15) is 6.42 Å². The lowest BCUT2D eigenvalue weighted by Crippen LogP contribution is -2.33. The molecule has 1 rings (SSSR count). The molecule has 0 aliphatic carbocycles. The highest BCUT2D eigenvalue weighted by atomic mass is 19.4. The van der Waals surface area contributed by atoms with Crippen LogP contribution in [0.25, 0.3) is 0 Å². The van der Waals surface area contributed by atoms with Crippen LogP contribution in [0.4, 0.5) is 13.2 Å². The van der Waals surface area contributed by atoms with Crippen molar-refractivity contribution in [3.8, 4) is 6.07 Å². The minimum atomic E-state index is -4.46. The molecule has 0 aromatic heterocycles. The smallest absolute Gasteiger partial charge is 0.299 e. The molecule has 0 amide bonds. The minimum Gasteiger partial charge on any atom is -0.299 e. The summed E-state index contributed by atoms with van der Waals surface area (Å²) in [5.74, 6) is -1.95. The Morgan fingerprint density at radius 2 is 2.23 bits per heavy atom. The highest BCUT2D eigenvalue weighted by Crippen LogP contribution is 2.27. The normalized spacial score (nSPS) is 21.4. The quantitative estimate of drug-likeness (QED) is 0.665. The van der Waals surface area contributed by atoms with Crippen LogP contribution in [-0.2, 0) is 4.84 Å². The molecule has 1 aliphatic heterocycles. The van der Waals surface area contributed by atoms with Crippen molar-refractivity contribution in [2.45, 2.75) is 12.6 Å². The Hall–Kier alpha value is -0.800. The van der Waals surface area contributed by atoms with Crippen molar-refractivity contribution in [2.24, 2.45) is 5.92 Å². The van der Waals surface area contributed by atoms with Crippen LogP contribution < -0.4 is 0 Å². The number of nitrogens with zero attached hydrogens (tertiary/aromatic N) is 2. The van der Waals surface area contributed by atoms with Crippen molar-refractivity contribution in [3.63, 3.8) is 0 Å².